The molecule has 3 amide bonds. The predicted molar refractivity (Wildman–Crippen MR) is 93.4 cm³/mol. The van der Waals surface area contributed by atoms with E-state index in [1.54, 1.807) is 6.07 Å². The van der Waals surface area contributed by atoms with Crippen molar-refractivity contribution in [3.05, 3.63) is 35.6 Å². The molecule has 6 heteroatoms. The highest BCUT2D eigenvalue weighted by molar-refractivity contribution is 5.80. The van der Waals surface area contributed by atoms with Gasteiger partial charge in [0, 0.05) is 25.0 Å². The van der Waals surface area contributed by atoms with Crippen LogP contribution in [0, 0.1) is 11.7 Å². The molecule has 2 aliphatic rings. The number of halogens is 1. The second-order valence-electron chi connectivity index (χ2n) is 7.31. The molecule has 0 spiro atoms. The van der Waals surface area contributed by atoms with Gasteiger partial charge in [0.1, 0.15) is 5.82 Å². The Morgan fingerprint density at radius 3 is 2.64 bits per heavy atom. The van der Waals surface area contributed by atoms with Crippen LogP contribution in [0.15, 0.2) is 24.3 Å². The van der Waals surface area contributed by atoms with Crippen molar-refractivity contribution in [3.63, 3.8) is 0 Å². The van der Waals surface area contributed by atoms with Crippen molar-refractivity contribution >= 4 is 11.9 Å². The lowest BCUT2D eigenvalue weighted by atomic mass is 9.78. The van der Waals surface area contributed by atoms with Crippen LogP contribution in [0.25, 0.3) is 0 Å². The number of carbonyl (C=O) groups is 2. The van der Waals surface area contributed by atoms with Gasteiger partial charge in [0.25, 0.3) is 0 Å². The zero-order valence-corrected chi connectivity index (χ0v) is 14.5. The second-order valence-corrected chi connectivity index (χ2v) is 7.31. The average molecular weight is 347 g/mol. The Hall–Kier alpha value is -2.11. The Bertz CT molecular complexity index is 643. The summed E-state index contributed by atoms with van der Waals surface area (Å²) in [5.41, 5.74) is 5.71. The Morgan fingerprint density at radius 2 is 1.96 bits per heavy atom. The normalized spacial score (nSPS) is 22.6. The van der Waals surface area contributed by atoms with Crippen LogP contribution in [0.3, 0.4) is 0 Å². The van der Waals surface area contributed by atoms with E-state index in [9.17, 15) is 14.0 Å². The van der Waals surface area contributed by atoms with Crippen LogP contribution in [-0.2, 0) is 10.2 Å². The van der Waals surface area contributed by atoms with Crippen LogP contribution < -0.4 is 11.1 Å². The van der Waals surface area contributed by atoms with Crippen molar-refractivity contribution < 1.29 is 14.0 Å². The van der Waals surface area contributed by atoms with Crippen LogP contribution in [0.5, 0.6) is 0 Å². The molecule has 1 saturated heterocycles. The summed E-state index contributed by atoms with van der Waals surface area (Å²) >= 11 is 0. The molecule has 0 bridgehead atoms. The number of nitrogens with zero attached hydrogens (tertiary/aromatic N) is 1. The second kappa shape index (κ2) is 7.42. The zero-order chi connectivity index (χ0) is 17.9. The van der Waals surface area contributed by atoms with Gasteiger partial charge in [-0.15, -0.1) is 0 Å². The molecule has 1 aromatic carbocycles. The van der Waals surface area contributed by atoms with Crippen molar-refractivity contribution in [2.75, 3.05) is 19.6 Å². The molecule has 1 heterocycles. The zero-order valence-electron chi connectivity index (χ0n) is 14.5. The third-order valence-corrected chi connectivity index (χ3v) is 5.71. The van der Waals surface area contributed by atoms with Crippen LogP contribution in [0.2, 0.25) is 0 Å². The minimum Gasteiger partial charge on any atom is -0.355 e. The maximum absolute atomic E-state index is 14.3. The van der Waals surface area contributed by atoms with Crippen molar-refractivity contribution in [3.8, 4) is 0 Å². The molecule has 25 heavy (non-hydrogen) atoms. The van der Waals surface area contributed by atoms with Crippen molar-refractivity contribution in [1.82, 2.24) is 10.2 Å². The first-order valence-corrected chi connectivity index (χ1v) is 9.09. The van der Waals surface area contributed by atoms with Gasteiger partial charge in [-0.1, -0.05) is 31.0 Å². The number of hydrogen-bond acceptors (Lipinski definition) is 2. The van der Waals surface area contributed by atoms with Crippen molar-refractivity contribution in [1.29, 1.82) is 0 Å². The van der Waals surface area contributed by atoms with Crippen molar-refractivity contribution in [2.24, 2.45) is 11.7 Å². The summed E-state index contributed by atoms with van der Waals surface area (Å²) in [5, 5.41) is 3.04. The summed E-state index contributed by atoms with van der Waals surface area (Å²) in [6.07, 6.45) is 5.38. The number of hydrogen-bond donors (Lipinski definition) is 2. The van der Waals surface area contributed by atoms with Gasteiger partial charge >= 0.3 is 6.03 Å². The highest BCUT2D eigenvalue weighted by Gasteiger charge is 2.38. The topological polar surface area (TPSA) is 75.4 Å². The lowest BCUT2D eigenvalue weighted by Gasteiger charge is -2.33. The van der Waals surface area contributed by atoms with Gasteiger partial charge in [-0.05, 0) is 37.3 Å². The standard InChI is InChI=1S/C19H26FN3O2/c20-16-8-2-1-7-15(16)19(9-3-4-10-19)13-22-17(24)14-6-5-11-23(12-14)18(21)25/h1-2,7-8,14H,3-6,9-13H2,(H2,21,25)(H,22,24). The van der Waals surface area contributed by atoms with Crippen LogP contribution >= 0.6 is 0 Å². The molecule has 1 aromatic rings. The summed E-state index contributed by atoms with van der Waals surface area (Å²) in [4.78, 5) is 25.5. The number of likely N-dealkylation sites (tertiary alicyclic amines) is 1. The number of carbonyl (C=O) groups excluding carboxylic acids is 2. The maximum Gasteiger partial charge on any atom is 0.314 e. The van der Waals surface area contributed by atoms with E-state index in [2.05, 4.69) is 5.32 Å². The van der Waals surface area contributed by atoms with E-state index in [-0.39, 0.29) is 23.1 Å². The van der Waals surface area contributed by atoms with Crippen molar-refractivity contribution in [2.45, 2.75) is 43.9 Å². The Morgan fingerprint density at radius 1 is 1.24 bits per heavy atom. The van der Waals surface area contributed by atoms with E-state index in [1.807, 2.05) is 12.1 Å². The first kappa shape index (κ1) is 17.7. The number of nitrogens with two attached hydrogens (primary N) is 1. The fraction of sp³-hybridized carbons (Fsp3) is 0.579. The largest absolute Gasteiger partial charge is 0.355 e. The molecule has 1 saturated carbocycles. The average Bonchev–Trinajstić information content (AvgIpc) is 3.10. The Labute approximate surface area is 147 Å². The monoisotopic (exact) mass is 347 g/mol. The molecule has 1 unspecified atom stereocenters. The highest BCUT2D eigenvalue weighted by atomic mass is 19.1. The Kier molecular flexibility index (Phi) is 5.25. The van der Waals surface area contributed by atoms with E-state index in [0.717, 1.165) is 38.5 Å². The molecule has 136 valence electrons. The van der Waals surface area contributed by atoms with E-state index in [4.69, 9.17) is 5.73 Å². The lowest BCUT2D eigenvalue weighted by Crippen LogP contribution is -2.49. The highest BCUT2D eigenvalue weighted by Crippen LogP contribution is 2.41. The first-order valence-electron chi connectivity index (χ1n) is 9.09. The fourth-order valence-corrected chi connectivity index (χ4v) is 4.28. The number of rotatable bonds is 4. The summed E-state index contributed by atoms with van der Waals surface area (Å²) in [6, 6.07) is 6.40. The molecule has 3 N–H and O–H groups in total. The molecule has 2 fully saturated rings. The minimum atomic E-state index is -0.476. The predicted octanol–water partition coefficient (Wildman–Crippen LogP) is 2.54. The molecule has 0 aromatic heterocycles. The van der Waals surface area contributed by atoms with Gasteiger partial charge in [-0.2, -0.15) is 0 Å². The number of amides is 3. The molecule has 5 nitrogen and oxygen atoms in total. The lowest BCUT2D eigenvalue weighted by molar-refractivity contribution is -0.126. The molecule has 1 aliphatic carbocycles. The van der Waals surface area contributed by atoms with Crippen LogP contribution in [-0.4, -0.2) is 36.5 Å². The SMILES string of the molecule is NC(=O)N1CCCC(C(=O)NCC2(c3ccccc3F)CCCC2)C1. The molecule has 1 aliphatic heterocycles. The number of benzene rings is 1. The van der Waals surface area contributed by atoms with E-state index in [0.29, 0.717) is 25.2 Å². The number of nitrogens with one attached hydrogen (secondary N) is 1. The van der Waals surface area contributed by atoms with Gasteiger partial charge in [0.15, 0.2) is 0 Å². The minimum absolute atomic E-state index is 0.0615. The van der Waals surface area contributed by atoms with Gasteiger partial charge < -0.3 is 16.0 Å². The molecular weight excluding hydrogens is 321 g/mol. The summed E-state index contributed by atoms with van der Waals surface area (Å²) < 4.78 is 14.3. The molecule has 3 rings (SSSR count). The molecule has 1 atom stereocenters. The third kappa shape index (κ3) is 3.78. The quantitative estimate of drug-likeness (QED) is 0.878. The summed E-state index contributed by atoms with van der Waals surface area (Å²) in [7, 11) is 0. The Balaban J connectivity index is 1.67. The fourth-order valence-electron chi connectivity index (χ4n) is 4.28. The smallest absolute Gasteiger partial charge is 0.314 e. The van der Waals surface area contributed by atoms with E-state index in [1.165, 1.54) is 11.0 Å². The number of piperidine rings is 1. The first-order chi connectivity index (χ1) is 12.0. The van der Waals surface area contributed by atoms with Gasteiger partial charge in [-0.25, -0.2) is 9.18 Å². The third-order valence-electron chi connectivity index (χ3n) is 5.71. The van der Waals surface area contributed by atoms with Gasteiger partial charge in [-0.3, -0.25) is 4.79 Å². The summed E-state index contributed by atoms with van der Waals surface area (Å²) in [6.45, 7) is 1.42. The number of primary amides is 1. The summed E-state index contributed by atoms with van der Waals surface area (Å²) in [5.74, 6) is -0.495. The maximum atomic E-state index is 14.3. The van der Waals surface area contributed by atoms with E-state index >= 15 is 0 Å². The van der Waals surface area contributed by atoms with E-state index < -0.39 is 6.03 Å². The van der Waals surface area contributed by atoms with Crippen LogP contribution in [0.4, 0.5) is 9.18 Å². The number of urea groups is 1. The van der Waals surface area contributed by atoms with Gasteiger partial charge in [0.2, 0.25) is 5.91 Å². The van der Waals surface area contributed by atoms with Gasteiger partial charge in [0.05, 0.1) is 5.92 Å². The van der Waals surface area contributed by atoms with Crippen LogP contribution in [0.1, 0.15) is 44.1 Å². The molecular formula is C19H26FN3O2. The molecule has 0 radical (unpaired) electrons.